The van der Waals surface area contributed by atoms with Crippen molar-refractivity contribution in [2.75, 3.05) is 27.2 Å². The summed E-state index contributed by atoms with van der Waals surface area (Å²) in [5, 5.41) is 0. The summed E-state index contributed by atoms with van der Waals surface area (Å²) in [6, 6.07) is 13.6. The Hall–Kier alpha value is -2.89. The van der Waals surface area contributed by atoms with Crippen molar-refractivity contribution in [2.24, 2.45) is 5.92 Å². The molecule has 0 spiro atoms. The van der Waals surface area contributed by atoms with Crippen LogP contribution in [0.25, 0.3) is 0 Å². The van der Waals surface area contributed by atoms with Gasteiger partial charge in [0.1, 0.15) is 5.75 Å². The minimum absolute atomic E-state index is 0.0765. The summed E-state index contributed by atoms with van der Waals surface area (Å²) < 4.78 is 5.17. The Labute approximate surface area is 166 Å². The number of amides is 2. The Bertz CT molecular complexity index is 792. The number of likely N-dealkylation sites (tertiary alicyclic amines) is 1. The van der Waals surface area contributed by atoms with Gasteiger partial charge in [-0.3, -0.25) is 14.6 Å². The highest BCUT2D eigenvalue weighted by molar-refractivity contribution is 5.83. The number of ether oxygens (including phenoxy) is 1. The minimum atomic E-state index is -0.151. The maximum atomic E-state index is 12.8. The quantitative estimate of drug-likeness (QED) is 0.739. The van der Waals surface area contributed by atoms with E-state index in [1.807, 2.05) is 47.4 Å². The zero-order valence-corrected chi connectivity index (χ0v) is 16.5. The molecule has 2 aromatic rings. The zero-order chi connectivity index (χ0) is 19.9. The minimum Gasteiger partial charge on any atom is -0.497 e. The van der Waals surface area contributed by atoms with E-state index in [-0.39, 0.29) is 17.7 Å². The molecular formula is C22H27N3O3. The number of nitrogens with zero attached hydrogens (tertiary/aromatic N) is 3. The fourth-order valence-electron chi connectivity index (χ4n) is 3.51. The van der Waals surface area contributed by atoms with Gasteiger partial charge in [0.25, 0.3) is 0 Å². The van der Waals surface area contributed by atoms with Crippen molar-refractivity contribution >= 4 is 11.8 Å². The van der Waals surface area contributed by atoms with Crippen molar-refractivity contribution < 1.29 is 14.3 Å². The molecule has 3 rings (SSSR count). The van der Waals surface area contributed by atoms with Crippen molar-refractivity contribution in [2.45, 2.75) is 25.8 Å². The van der Waals surface area contributed by atoms with E-state index in [1.165, 1.54) is 0 Å². The van der Waals surface area contributed by atoms with E-state index in [2.05, 4.69) is 4.98 Å². The highest BCUT2D eigenvalue weighted by Gasteiger charge is 2.31. The number of aromatic nitrogens is 1. The molecule has 6 heteroatoms. The number of hydrogen-bond donors (Lipinski definition) is 0. The van der Waals surface area contributed by atoms with E-state index in [0.29, 0.717) is 32.5 Å². The number of carbonyl (C=O) groups excluding carboxylic acids is 2. The summed E-state index contributed by atoms with van der Waals surface area (Å²) >= 11 is 0. The molecule has 0 radical (unpaired) electrons. The van der Waals surface area contributed by atoms with Crippen molar-refractivity contribution in [1.82, 2.24) is 14.8 Å². The van der Waals surface area contributed by atoms with Gasteiger partial charge in [0.2, 0.25) is 11.8 Å². The molecule has 2 heterocycles. The standard InChI is InChI=1S/C22H27N3O3/c1-24(16-19-5-3-4-13-23-19)22(27)18-8-11-21(26)25(15-18)14-12-17-6-9-20(28-2)10-7-17/h3-7,9-10,13,18H,8,11-12,14-16H2,1-2H3/t18-/m1/s1. The molecule has 1 atom stereocenters. The van der Waals surface area contributed by atoms with Crippen LogP contribution in [0.5, 0.6) is 5.75 Å². The SMILES string of the molecule is COc1ccc(CCN2C[C@H](C(=O)N(C)Cc3ccccn3)CCC2=O)cc1. The van der Waals surface area contributed by atoms with Gasteiger partial charge in [-0.25, -0.2) is 0 Å². The van der Waals surface area contributed by atoms with Gasteiger partial charge in [0.15, 0.2) is 0 Å². The summed E-state index contributed by atoms with van der Waals surface area (Å²) in [7, 11) is 3.44. The van der Waals surface area contributed by atoms with Crippen molar-refractivity contribution in [3.8, 4) is 5.75 Å². The molecule has 0 unspecified atom stereocenters. The smallest absolute Gasteiger partial charge is 0.227 e. The van der Waals surface area contributed by atoms with Crippen LogP contribution >= 0.6 is 0 Å². The zero-order valence-electron chi connectivity index (χ0n) is 16.5. The average Bonchev–Trinajstić information content (AvgIpc) is 2.73. The molecule has 1 aliphatic heterocycles. The van der Waals surface area contributed by atoms with E-state index in [1.54, 1.807) is 25.3 Å². The summed E-state index contributed by atoms with van der Waals surface area (Å²) in [5.74, 6) is 0.874. The third-order valence-corrected chi connectivity index (χ3v) is 5.18. The van der Waals surface area contributed by atoms with E-state index in [0.717, 1.165) is 23.4 Å². The first-order valence-corrected chi connectivity index (χ1v) is 9.62. The average molecular weight is 381 g/mol. The highest BCUT2D eigenvalue weighted by atomic mass is 16.5. The molecule has 2 amide bonds. The normalized spacial score (nSPS) is 16.7. The van der Waals surface area contributed by atoms with Crippen LogP contribution in [0.2, 0.25) is 0 Å². The van der Waals surface area contributed by atoms with Crippen LogP contribution in [0, 0.1) is 5.92 Å². The lowest BCUT2D eigenvalue weighted by Gasteiger charge is -2.34. The van der Waals surface area contributed by atoms with Crippen molar-refractivity contribution in [3.63, 3.8) is 0 Å². The summed E-state index contributed by atoms with van der Waals surface area (Å²) in [4.78, 5) is 33.0. The molecule has 1 saturated heterocycles. The largest absolute Gasteiger partial charge is 0.497 e. The second-order valence-electron chi connectivity index (χ2n) is 7.19. The van der Waals surface area contributed by atoms with Crippen LogP contribution in [0.3, 0.4) is 0 Å². The number of carbonyl (C=O) groups is 2. The summed E-state index contributed by atoms with van der Waals surface area (Å²) in [6.07, 6.45) is 3.54. The summed E-state index contributed by atoms with van der Waals surface area (Å²) in [6.45, 7) is 1.59. The van der Waals surface area contributed by atoms with Gasteiger partial charge >= 0.3 is 0 Å². The molecular weight excluding hydrogens is 354 g/mol. The number of benzene rings is 1. The second kappa shape index (κ2) is 9.35. The van der Waals surface area contributed by atoms with Crippen LogP contribution in [0.1, 0.15) is 24.1 Å². The first-order chi connectivity index (χ1) is 13.6. The molecule has 1 aliphatic rings. The lowest BCUT2D eigenvalue weighted by Crippen LogP contribution is -2.46. The number of pyridine rings is 1. The molecule has 1 fully saturated rings. The first-order valence-electron chi connectivity index (χ1n) is 9.62. The number of hydrogen-bond acceptors (Lipinski definition) is 4. The maximum Gasteiger partial charge on any atom is 0.227 e. The fraction of sp³-hybridized carbons (Fsp3) is 0.409. The lowest BCUT2D eigenvalue weighted by molar-refractivity contribution is -0.142. The molecule has 28 heavy (non-hydrogen) atoms. The van der Waals surface area contributed by atoms with Crippen molar-refractivity contribution in [1.29, 1.82) is 0 Å². The third-order valence-electron chi connectivity index (χ3n) is 5.18. The Morgan fingerprint density at radius 2 is 2.04 bits per heavy atom. The Morgan fingerprint density at radius 3 is 2.71 bits per heavy atom. The fourth-order valence-corrected chi connectivity index (χ4v) is 3.51. The Kier molecular flexibility index (Phi) is 6.63. The van der Waals surface area contributed by atoms with Gasteiger partial charge in [-0.15, -0.1) is 0 Å². The molecule has 0 aliphatic carbocycles. The topological polar surface area (TPSA) is 62.7 Å². The van der Waals surface area contributed by atoms with Crippen LogP contribution in [0.4, 0.5) is 0 Å². The molecule has 1 aromatic heterocycles. The highest BCUT2D eigenvalue weighted by Crippen LogP contribution is 2.21. The maximum absolute atomic E-state index is 12.8. The van der Waals surface area contributed by atoms with Gasteiger partial charge in [-0.2, -0.15) is 0 Å². The molecule has 6 nitrogen and oxygen atoms in total. The van der Waals surface area contributed by atoms with Crippen molar-refractivity contribution in [3.05, 3.63) is 59.9 Å². The van der Waals surface area contributed by atoms with Gasteiger partial charge in [-0.1, -0.05) is 18.2 Å². The monoisotopic (exact) mass is 381 g/mol. The second-order valence-corrected chi connectivity index (χ2v) is 7.19. The molecule has 148 valence electrons. The van der Waals surface area contributed by atoms with E-state index < -0.39 is 0 Å². The predicted octanol–water partition coefficient (Wildman–Crippen LogP) is 2.53. The van der Waals surface area contributed by atoms with Gasteiger partial charge in [0.05, 0.1) is 25.3 Å². The molecule has 0 saturated carbocycles. The summed E-state index contributed by atoms with van der Waals surface area (Å²) in [5.41, 5.74) is 2.01. The van der Waals surface area contributed by atoms with E-state index >= 15 is 0 Å². The van der Waals surface area contributed by atoms with Gasteiger partial charge in [0, 0.05) is 32.8 Å². The van der Waals surface area contributed by atoms with Crippen LogP contribution < -0.4 is 4.74 Å². The van der Waals surface area contributed by atoms with Crippen LogP contribution in [-0.4, -0.2) is 53.8 Å². The van der Waals surface area contributed by atoms with Crippen LogP contribution in [-0.2, 0) is 22.6 Å². The lowest BCUT2D eigenvalue weighted by atomic mass is 9.95. The number of methoxy groups -OCH3 is 1. The van der Waals surface area contributed by atoms with E-state index in [4.69, 9.17) is 4.74 Å². The predicted molar refractivity (Wildman–Crippen MR) is 107 cm³/mol. The Morgan fingerprint density at radius 1 is 1.25 bits per heavy atom. The first kappa shape index (κ1) is 19.9. The number of piperidine rings is 1. The van der Waals surface area contributed by atoms with E-state index in [9.17, 15) is 9.59 Å². The Balaban J connectivity index is 1.55. The number of rotatable bonds is 7. The third kappa shape index (κ3) is 5.09. The molecule has 1 aromatic carbocycles. The molecule has 0 N–H and O–H groups in total. The van der Waals surface area contributed by atoms with Gasteiger partial charge in [-0.05, 0) is 42.7 Å². The molecule has 0 bridgehead atoms. The van der Waals surface area contributed by atoms with Gasteiger partial charge < -0.3 is 14.5 Å². The van der Waals surface area contributed by atoms with Crippen LogP contribution in [0.15, 0.2) is 48.7 Å².